The molecule has 1 saturated heterocycles. The third kappa shape index (κ3) is 3.21. The summed E-state index contributed by atoms with van der Waals surface area (Å²) in [5.74, 6) is 0.743. The molecule has 0 radical (unpaired) electrons. The lowest BCUT2D eigenvalue weighted by Crippen LogP contribution is -2.63. The Morgan fingerprint density at radius 3 is 2.85 bits per heavy atom. The minimum atomic E-state index is -0.328. The van der Waals surface area contributed by atoms with Gasteiger partial charge in [-0.1, -0.05) is 48.3 Å². The zero-order valence-corrected chi connectivity index (χ0v) is 15.7. The number of benzene rings is 1. The van der Waals surface area contributed by atoms with Crippen LogP contribution in [-0.2, 0) is 4.79 Å². The molecule has 1 saturated carbocycles. The molecule has 2 aromatic rings. The summed E-state index contributed by atoms with van der Waals surface area (Å²) in [6.07, 6.45) is 3.94. The Morgan fingerprint density at radius 1 is 1.27 bits per heavy atom. The molecule has 1 aromatic carbocycles. The van der Waals surface area contributed by atoms with E-state index in [1.165, 1.54) is 0 Å². The van der Waals surface area contributed by atoms with Crippen LogP contribution in [-0.4, -0.2) is 40.6 Å². The summed E-state index contributed by atoms with van der Waals surface area (Å²) in [5, 5.41) is 9.75. The standard InChI is InChI=1S/C18H19BrN4O3/c19-15-16(11-6-2-1-3-7-11)26-22-17(15)21-18(25)23-10-14(24)20-12-8-4-5-9-13(12)23/h1-3,6-7,12-13H,4-5,8-10H2,(H,20,24)(H,21,22,25)/t12-,13+/m0/s1. The van der Waals surface area contributed by atoms with Crippen LogP contribution in [0.25, 0.3) is 11.3 Å². The molecule has 2 atom stereocenters. The zero-order chi connectivity index (χ0) is 18.1. The van der Waals surface area contributed by atoms with E-state index in [1.54, 1.807) is 4.90 Å². The summed E-state index contributed by atoms with van der Waals surface area (Å²) < 4.78 is 5.97. The molecule has 4 rings (SSSR count). The van der Waals surface area contributed by atoms with Crippen molar-refractivity contribution in [2.24, 2.45) is 0 Å². The van der Waals surface area contributed by atoms with Crippen LogP contribution in [0.15, 0.2) is 39.3 Å². The number of fused-ring (bicyclic) bond motifs is 1. The molecule has 0 spiro atoms. The van der Waals surface area contributed by atoms with Crippen molar-refractivity contribution < 1.29 is 14.1 Å². The molecular weight excluding hydrogens is 400 g/mol. The number of amides is 3. The average Bonchev–Trinajstić information content (AvgIpc) is 3.02. The molecular formula is C18H19BrN4O3. The fourth-order valence-corrected chi connectivity index (χ4v) is 4.17. The normalized spacial score (nSPS) is 22.5. The predicted molar refractivity (Wildman–Crippen MR) is 99.6 cm³/mol. The van der Waals surface area contributed by atoms with Gasteiger partial charge in [0.25, 0.3) is 0 Å². The topological polar surface area (TPSA) is 87.5 Å². The second-order valence-electron chi connectivity index (χ2n) is 6.62. The number of urea groups is 1. The Morgan fingerprint density at radius 2 is 2.04 bits per heavy atom. The van der Waals surface area contributed by atoms with Crippen LogP contribution in [0.5, 0.6) is 0 Å². The zero-order valence-electron chi connectivity index (χ0n) is 14.1. The molecule has 8 heteroatoms. The van der Waals surface area contributed by atoms with E-state index < -0.39 is 0 Å². The Hall–Kier alpha value is -2.35. The first-order valence-corrected chi connectivity index (χ1v) is 9.50. The number of hydrogen-bond donors (Lipinski definition) is 2. The number of nitrogens with one attached hydrogen (secondary N) is 2. The van der Waals surface area contributed by atoms with Gasteiger partial charge in [0, 0.05) is 11.6 Å². The van der Waals surface area contributed by atoms with E-state index in [2.05, 4.69) is 31.7 Å². The first-order chi connectivity index (χ1) is 12.6. The van der Waals surface area contributed by atoms with Gasteiger partial charge >= 0.3 is 6.03 Å². The van der Waals surface area contributed by atoms with Crippen molar-refractivity contribution >= 4 is 33.7 Å². The molecule has 3 amide bonds. The van der Waals surface area contributed by atoms with Crippen molar-refractivity contribution in [1.82, 2.24) is 15.4 Å². The van der Waals surface area contributed by atoms with Gasteiger partial charge in [-0.3, -0.25) is 10.1 Å². The molecule has 26 heavy (non-hydrogen) atoms. The van der Waals surface area contributed by atoms with E-state index in [-0.39, 0.29) is 30.6 Å². The summed E-state index contributed by atoms with van der Waals surface area (Å²) >= 11 is 3.45. The van der Waals surface area contributed by atoms with Crippen molar-refractivity contribution in [2.45, 2.75) is 37.8 Å². The highest BCUT2D eigenvalue weighted by molar-refractivity contribution is 9.10. The molecule has 136 valence electrons. The first-order valence-electron chi connectivity index (χ1n) is 8.71. The number of rotatable bonds is 2. The number of carbonyl (C=O) groups excluding carboxylic acids is 2. The average molecular weight is 419 g/mol. The minimum absolute atomic E-state index is 0.0284. The molecule has 0 unspecified atom stereocenters. The number of aromatic nitrogens is 1. The number of hydrogen-bond acceptors (Lipinski definition) is 4. The maximum Gasteiger partial charge on any atom is 0.323 e. The number of anilines is 1. The SMILES string of the molecule is O=C1CN(C(=O)Nc2noc(-c3ccccc3)c2Br)[C@@H]2CCCC[C@@H]2N1. The molecule has 2 heterocycles. The lowest BCUT2D eigenvalue weighted by molar-refractivity contribution is -0.126. The van der Waals surface area contributed by atoms with Crippen LogP contribution < -0.4 is 10.6 Å². The van der Waals surface area contributed by atoms with Crippen LogP contribution in [0.4, 0.5) is 10.6 Å². The molecule has 2 fully saturated rings. The highest BCUT2D eigenvalue weighted by Crippen LogP contribution is 2.34. The molecule has 7 nitrogen and oxygen atoms in total. The molecule has 2 aliphatic rings. The van der Waals surface area contributed by atoms with Crippen molar-refractivity contribution in [3.05, 3.63) is 34.8 Å². The van der Waals surface area contributed by atoms with Gasteiger partial charge in [-0.05, 0) is 28.8 Å². The van der Waals surface area contributed by atoms with Gasteiger partial charge < -0.3 is 14.7 Å². The van der Waals surface area contributed by atoms with E-state index in [9.17, 15) is 9.59 Å². The third-order valence-electron chi connectivity index (χ3n) is 4.95. The number of nitrogens with zero attached hydrogens (tertiary/aromatic N) is 2. The molecule has 1 aliphatic heterocycles. The summed E-state index contributed by atoms with van der Waals surface area (Å²) in [6.45, 7) is 0.0635. The van der Waals surface area contributed by atoms with E-state index in [0.717, 1.165) is 31.2 Å². The maximum atomic E-state index is 12.8. The highest BCUT2D eigenvalue weighted by Gasteiger charge is 2.39. The fourth-order valence-electron chi connectivity index (χ4n) is 3.70. The predicted octanol–water partition coefficient (Wildman–Crippen LogP) is 3.38. The first kappa shape index (κ1) is 17.1. The van der Waals surface area contributed by atoms with Gasteiger partial charge in [-0.25, -0.2) is 4.79 Å². The number of piperazine rings is 1. The smallest absolute Gasteiger partial charge is 0.323 e. The second-order valence-corrected chi connectivity index (χ2v) is 7.42. The van der Waals surface area contributed by atoms with Gasteiger partial charge in [0.05, 0.1) is 6.04 Å². The highest BCUT2D eigenvalue weighted by atomic mass is 79.9. The molecule has 0 bridgehead atoms. The summed E-state index contributed by atoms with van der Waals surface area (Å²) in [5.41, 5.74) is 0.858. The van der Waals surface area contributed by atoms with Gasteiger partial charge in [0.1, 0.15) is 11.0 Å². The van der Waals surface area contributed by atoms with Crippen LogP contribution in [0, 0.1) is 0 Å². The number of halogens is 1. The lowest BCUT2D eigenvalue weighted by atomic mass is 9.87. The van der Waals surface area contributed by atoms with E-state index in [0.29, 0.717) is 16.1 Å². The number of carbonyl (C=O) groups is 2. The fraction of sp³-hybridized carbons (Fsp3) is 0.389. The quantitative estimate of drug-likeness (QED) is 0.782. The maximum absolute atomic E-state index is 12.8. The Balaban J connectivity index is 1.53. The lowest BCUT2D eigenvalue weighted by Gasteiger charge is -2.43. The molecule has 1 aromatic heterocycles. The van der Waals surface area contributed by atoms with Gasteiger partial charge in [-0.15, -0.1) is 0 Å². The minimum Gasteiger partial charge on any atom is -0.353 e. The molecule has 1 aliphatic carbocycles. The van der Waals surface area contributed by atoms with Gasteiger partial charge in [-0.2, -0.15) is 0 Å². The van der Waals surface area contributed by atoms with Crippen molar-refractivity contribution in [1.29, 1.82) is 0 Å². The third-order valence-corrected chi connectivity index (χ3v) is 5.68. The monoisotopic (exact) mass is 418 g/mol. The summed E-state index contributed by atoms with van der Waals surface area (Å²) in [7, 11) is 0. The van der Waals surface area contributed by atoms with E-state index >= 15 is 0 Å². The summed E-state index contributed by atoms with van der Waals surface area (Å²) in [6, 6.07) is 9.26. The second kappa shape index (κ2) is 7.11. The molecule has 2 N–H and O–H groups in total. The van der Waals surface area contributed by atoms with E-state index in [4.69, 9.17) is 4.52 Å². The Kier molecular flexibility index (Phi) is 4.67. The summed E-state index contributed by atoms with van der Waals surface area (Å²) in [4.78, 5) is 26.4. The van der Waals surface area contributed by atoms with Crippen LogP contribution in [0.3, 0.4) is 0 Å². The van der Waals surface area contributed by atoms with Gasteiger partial charge in [0.2, 0.25) is 5.91 Å². The van der Waals surface area contributed by atoms with Crippen molar-refractivity contribution in [2.75, 3.05) is 11.9 Å². The van der Waals surface area contributed by atoms with Gasteiger partial charge in [0.15, 0.2) is 11.6 Å². The van der Waals surface area contributed by atoms with Crippen LogP contribution in [0.1, 0.15) is 25.7 Å². The van der Waals surface area contributed by atoms with Crippen LogP contribution in [0.2, 0.25) is 0 Å². The Bertz CT molecular complexity index is 823. The largest absolute Gasteiger partial charge is 0.353 e. The van der Waals surface area contributed by atoms with Crippen molar-refractivity contribution in [3.8, 4) is 11.3 Å². The van der Waals surface area contributed by atoms with Crippen molar-refractivity contribution in [3.63, 3.8) is 0 Å². The van der Waals surface area contributed by atoms with E-state index in [1.807, 2.05) is 30.3 Å². The van der Waals surface area contributed by atoms with Crippen LogP contribution >= 0.6 is 15.9 Å². The Labute approximate surface area is 159 Å².